The van der Waals surface area contributed by atoms with Crippen molar-refractivity contribution in [3.05, 3.63) is 10.4 Å². The van der Waals surface area contributed by atoms with Crippen LogP contribution in [0.25, 0.3) is 10.4 Å². The fourth-order valence-corrected chi connectivity index (χ4v) is 1.70. The van der Waals surface area contributed by atoms with E-state index in [2.05, 4.69) is 15.5 Å². The Morgan fingerprint density at radius 3 is 2.62 bits per heavy atom. The summed E-state index contributed by atoms with van der Waals surface area (Å²) in [6.45, 7) is 0.833. The molecule has 16 heavy (non-hydrogen) atoms. The Morgan fingerprint density at radius 1 is 1.50 bits per heavy atom. The Bertz CT molecular complexity index is 316. The maximum Gasteiger partial charge on any atom is 0.237 e. The van der Waals surface area contributed by atoms with Gasteiger partial charge in [-0.2, -0.15) is 0 Å². The van der Waals surface area contributed by atoms with Crippen LogP contribution in [0.5, 0.6) is 0 Å². The van der Waals surface area contributed by atoms with E-state index in [1.807, 2.05) is 0 Å². The van der Waals surface area contributed by atoms with Gasteiger partial charge in [0.15, 0.2) is 0 Å². The van der Waals surface area contributed by atoms with Crippen molar-refractivity contribution < 1.29 is 9.59 Å². The number of piperidine rings is 1. The number of azide groups is 1. The zero-order valence-corrected chi connectivity index (χ0v) is 8.80. The smallest absolute Gasteiger partial charge is 0.237 e. The van der Waals surface area contributed by atoms with Gasteiger partial charge in [0.1, 0.15) is 6.54 Å². The van der Waals surface area contributed by atoms with Gasteiger partial charge >= 0.3 is 0 Å². The van der Waals surface area contributed by atoms with Crippen LogP contribution in [0.4, 0.5) is 0 Å². The van der Waals surface area contributed by atoms with Gasteiger partial charge in [-0.05, 0) is 18.4 Å². The Kier molecular flexibility index (Phi) is 4.56. The second kappa shape index (κ2) is 5.94. The van der Waals surface area contributed by atoms with Crippen molar-refractivity contribution in [1.82, 2.24) is 10.3 Å². The summed E-state index contributed by atoms with van der Waals surface area (Å²) in [7, 11) is 0. The van der Waals surface area contributed by atoms with Crippen LogP contribution >= 0.6 is 0 Å². The third-order valence-electron chi connectivity index (χ3n) is 2.63. The maximum atomic E-state index is 11.4. The van der Waals surface area contributed by atoms with Crippen molar-refractivity contribution in [2.75, 3.05) is 19.6 Å². The normalized spacial score (nSPS) is 16.4. The highest BCUT2D eigenvalue weighted by Gasteiger charge is 2.26. The predicted octanol–water partition coefficient (Wildman–Crippen LogP) is -0.475. The molecule has 2 amide bonds. The number of hydrogen-bond donors (Lipinski definition) is 2. The first-order valence-electron chi connectivity index (χ1n) is 4.98. The summed E-state index contributed by atoms with van der Waals surface area (Å²) >= 11 is 0. The van der Waals surface area contributed by atoms with Gasteiger partial charge in [0.2, 0.25) is 11.8 Å². The Balaban J connectivity index is 2.39. The van der Waals surface area contributed by atoms with Crippen molar-refractivity contribution in [3.63, 3.8) is 0 Å². The number of hydrazine groups is 1. The molecule has 0 unspecified atom stereocenters. The second-order valence-electron chi connectivity index (χ2n) is 3.55. The number of amides is 2. The molecule has 0 radical (unpaired) electrons. The van der Waals surface area contributed by atoms with E-state index in [4.69, 9.17) is 11.4 Å². The van der Waals surface area contributed by atoms with Gasteiger partial charge in [-0.3, -0.25) is 15.0 Å². The van der Waals surface area contributed by atoms with E-state index < -0.39 is 0 Å². The van der Waals surface area contributed by atoms with E-state index >= 15 is 0 Å². The number of rotatable bonds is 3. The average molecular weight is 226 g/mol. The summed E-state index contributed by atoms with van der Waals surface area (Å²) in [6.07, 6.45) is 1.18. The van der Waals surface area contributed by atoms with Gasteiger partial charge in [-0.25, -0.2) is 5.84 Å². The molecule has 1 aliphatic rings. The molecule has 0 atom stereocenters. The van der Waals surface area contributed by atoms with Gasteiger partial charge in [-0.15, -0.1) is 0 Å². The Hall–Kier alpha value is -1.79. The highest BCUT2D eigenvalue weighted by Crippen LogP contribution is 2.17. The topological polar surface area (TPSA) is 124 Å². The van der Waals surface area contributed by atoms with Crippen LogP contribution in [0.1, 0.15) is 12.8 Å². The predicted molar refractivity (Wildman–Crippen MR) is 55.6 cm³/mol. The first kappa shape index (κ1) is 12.3. The monoisotopic (exact) mass is 226 g/mol. The molecule has 1 rings (SSSR count). The summed E-state index contributed by atoms with van der Waals surface area (Å²) < 4.78 is 0. The minimum atomic E-state index is -0.204. The summed E-state index contributed by atoms with van der Waals surface area (Å²) in [5.41, 5.74) is 10.2. The fraction of sp³-hybridized carbons (Fsp3) is 0.750. The van der Waals surface area contributed by atoms with Gasteiger partial charge < -0.3 is 4.90 Å². The van der Waals surface area contributed by atoms with Gasteiger partial charge in [0.25, 0.3) is 0 Å². The molecule has 1 saturated heterocycles. The highest BCUT2D eigenvalue weighted by molar-refractivity contribution is 5.80. The van der Waals surface area contributed by atoms with E-state index in [0.29, 0.717) is 25.9 Å². The van der Waals surface area contributed by atoms with Gasteiger partial charge in [0.05, 0.1) is 0 Å². The second-order valence-corrected chi connectivity index (χ2v) is 3.55. The highest BCUT2D eigenvalue weighted by atomic mass is 16.2. The molecule has 1 heterocycles. The molecular formula is C8H14N6O2. The minimum absolute atomic E-state index is 0.131. The molecular weight excluding hydrogens is 212 g/mol. The summed E-state index contributed by atoms with van der Waals surface area (Å²) in [6, 6.07) is 0. The van der Waals surface area contributed by atoms with E-state index in [1.165, 1.54) is 0 Å². The van der Waals surface area contributed by atoms with Crippen molar-refractivity contribution in [3.8, 4) is 0 Å². The number of likely N-dealkylation sites (tertiary alicyclic amines) is 1. The molecule has 8 heteroatoms. The van der Waals surface area contributed by atoms with Crippen molar-refractivity contribution >= 4 is 11.8 Å². The number of nitrogens with one attached hydrogen (secondary N) is 1. The molecule has 0 aliphatic carbocycles. The van der Waals surface area contributed by atoms with Crippen LogP contribution in [0.2, 0.25) is 0 Å². The van der Waals surface area contributed by atoms with Crippen LogP contribution < -0.4 is 11.3 Å². The molecule has 88 valence electrons. The van der Waals surface area contributed by atoms with E-state index in [-0.39, 0.29) is 24.3 Å². The van der Waals surface area contributed by atoms with Crippen molar-refractivity contribution in [2.45, 2.75) is 12.8 Å². The first-order valence-corrected chi connectivity index (χ1v) is 4.98. The van der Waals surface area contributed by atoms with E-state index in [9.17, 15) is 9.59 Å². The quantitative estimate of drug-likeness (QED) is 0.169. The van der Waals surface area contributed by atoms with E-state index in [0.717, 1.165) is 0 Å². The summed E-state index contributed by atoms with van der Waals surface area (Å²) in [5.74, 6) is 4.50. The van der Waals surface area contributed by atoms with Gasteiger partial charge in [0, 0.05) is 23.9 Å². The van der Waals surface area contributed by atoms with Crippen LogP contribution in [0.3, 0.4) is 0 Å². The molecule has 1 aliphatic heterocycles. The van der Waals surface area contributed by atoms with E-state index in [1.54, 1.807) is 4.90 Å². The molecule has 0 aromatic heterocycles. The lowest BCUT2D eigenvalue weighted by atomic mass is 9.96. The number of hydrogen-bond acceptors (Lipinski definition) is 4. The number of nitrogens with two attached hydrogens (primary N) is 1. The molecule has 0 aromatic carbocycles. The number of carbonyl (C=O) groups excluding carboxylic acids is 2. The maximum absolute atomic E-state index is 11.4. The standard InChI is InChI=1S/C8H14N6O2/c9-12-8(16)6-1-3-14(4-2-6)7(15)5-11-13-10/h6H,1-5,9H2,(H,12,16). The van der Waals surface area contributed by atoms with Crippen LogP contribution in [0, 0.1) is 5.92 Å². The number of carbonyl (C=O) groups is 2. The molecule has 0 aromatic rings. The summed E-state index contributed by atoms with van der Waals surface area (Å²) in [5, 5.41) is 3.21. The third kappa shape index (κ3) is 3.11. The summed E-state index contributed by atoms with van der Waals surface area (Å²) in [4.78, 5) is 26.8. The zero-order valence-electron chi connectivity index (χ0n) is 8.80. The van der Waals surface area contributed by atoms with Crippen LogP contribution in [0.15, 0.2) is 5.11 Å². The molecule has 0 saturated carbocycles. The van der Waals surface area contributed by atoms with Crippen LogP contribution in [-0.4, -0.2) is 36.3 Å². The lowest BCUT2D eigenvalue weighted by molar-refractivity contribution is -0.134. The largest absolute Gasteiger partial charge is 0.343 e. The lowest BCUT2D eigenvalue weighted by Crippen LogP contribution is -2.45. The van der Waals surface area contributed by atoms with Gasteiger partial charge in [-0.1, -0.05) is 5.11 Å². The molecule has 1 fully saturated rings. The van der Waals surface area contributed by atoms with Crippen molar-refractivity contribution in [2.24, 2.45) is 16.9 Å². The average Bonchev–Trinajstić information content (AvgIpc) is 2.35. The minimum Gasteiger partial charge on any atom is -0.343 e. The zero-order chi connectivity index (χ0) is 12.0. The Labute approximate surface area is 92.4 Å². The Morgan fingerprint density at radius 2 is 2.12 bits per heavy atom. The molecule has 8 nitrogen and oxygen atoms in total. The lowest BCUT2D eigenvalue weighted by Gasteiger charge is -2.30. The SMILES string of the molecule is [N-]=[N+]=NCC(=O)N1CCC(C(=O)NN)CC1. The van der Waals surface area contributed by atoms with Crippen LogP contribution in [-0.2, 0) is 9.59 Å². The first-order chi connectivity index (χ1) is 7.69. The molecule has 3 N–H and O–H groups in total. The molecule has 0 bridgehead atoms. The van der Waals surface area contributed by atoms with Crippen molar-refractivity contribution in [1.29, 1.82) is 0 Å². The fourth-order valence-electron chi connectivity index (χ4n) is 1.70. The molecule has 0 spiro atoms. The number of nitrogens with zero attached hydrogens (tertiary/aromatic N) is 4. The third-order valence-corrected chi connectivity index (χ3v) is 2.63.